The van der Waals surface area contributed by atoms with Gasteiger partial charge in [-0.1, -0.05) is 53.4 Å². The molecule has 3 aliphatic carbocycles. The predicted octanol–water partition coefficient (Wildman–Crippen LogP) is 5.89. The Kier molecular flexibility index (Phi) is 5.24. The second-order valence-corrected chi connectivity index (χ2v) is 9.34. The Morgan fingerprint density at radius 3 is 1.74 bits per heavy atom. The van der Waals surface area contributed by atoms with E-state index in [0.29, 0.717) is 0 Å². The number of rotatable bonds is 3. The molecular weight excluding hydrogens is 247 g/mol. The van der Waals surface area contributed by atoms with Crippen molar-refractivity contribution < 1.29 is 0 Å². The largest absolute Gasteiger partial charge is 0.0921 e. The third kappa shape index (κ3) is 3.37. The van der Waals surface area contributed by atoms with Crippen LogP contribution in [0.2, 0.25) is 0 Å². The molecule has 0 unspecified atom stereocenters. The Labute approximate surface area is 121 Å². The van der Waals surface area contributed by atoms with Gasteiger partial charge in [0.25, 0.3) is 0 Å². The molecular formula is C18H28P. The molecule has 0 aromatic heterocycles. The molecule has 0 saturated heterocycles. The molecule has 19 heavy (non-hydrogen) atoms. The van der Waals surface area contributed by atoms with Gasteiger partial charge in [0, 0.05) is 5.66 Å². The minimum absolute atomic E-state index is 0.124. The zero-order valence-electron chi connectivity index (χ0n) is 12.4. The Balaban J connectivity index is 1.73. The van der Waals surface area contributed by atoms with Crippen LogP contribution in [0.5, 0.6) is 0 Å². The van der Waals surface area contributed by atoms with E-state index in [4.69, 9.17) is 0 Å². The average molecular weight is 275 g/mol. The van der Waals surface area contributed by atoms with Crippen molar-refractivity contribution >= 4 is 7.92 Å². The van der Waals surface area contributed by atoms with Gasteiger partial charge in [0.1, 0.15) is 0 Å². The van der Waals surface area contributed by atoms with Crippen LogP contribution in [-0.4, -0.2) is 11.3 Å². The van der Waals surface area contributed by atoms with Gasteiger partial charge in [-0.05, 0) is 62.2 Å². The zero-order chi connectivity index (χ0) is 13.1. The topological polar surface area (TPSA) is 0 Å². The molecule has 0 aromatic rings. The molecule has 3 aliphatic rings. The first-order valence-corrected chi connectivity index (χ1v) is 9.85. The van der Waals surface area contributed by atoms with Gasteiger partial charge in [0.2, 0.25) is 0 Å². The zero-order valence-corrected chi connectivity index (χ0v) is 13.3. The number of hydrogen-bond acceptors (Lipinski definition) is 0. The van der Waals surface area contributed by atoms with E-state index in [0.717, 1.165) is 11.3 Å². The summed E-state index contributed by atoms with van der Waals surface area (Å²) in [6, 6.07) is 0. The predicted molar refractivity (Wildman–Crippen MR) is 85.7 cm³/mol. The Morgan fingerprint density at radius 1 is 0.789 bits per heavy atom. The van der Waals surface area contributed by atoms with Crippen molar-refractivity contribution in [3.63, 3.8) is 0 Å². The van der Waals surface area contributed by atoms with Gasteiger partial charge in [0.15, 0.2) is 0 Å². The monoisotopic (exact) mass is 275 g/mol. The molecule has 0 heterocycles. The lowest BCUT2D eigenvalue weighted by molar-refractivity contribution is 0.485. The fraction of sp³-hybridized carbons (Fsp3) is 0.722. The molecule has 0 atom stereocenters. The van der Waals surface area contributed by atoms with Crippen LogP contribution in [-0.2, 0) is 0 Å². The molecule has 0 spiro atoms. The standard InChI is InChI=1S/C18H28P/c1-15-9-8-14-18(15)19(16-10-4-2-5-11-16)17-12-6-3-7-13-17/h8-9,14,16-17H,2-7,10-13H2,1H3. The second-order valence-electron chi connectivity index (χ2n) is 6.58. The van der Waals surface area contributed by atoms with E-state index in [1.54, 1.807) is 11.6 Å². The van der Waals surface area contributed by atoms with Crippen LogP contribution in [0, 0.1) is 30.8 Å². The first-order valence-electron chi connectivity index (χ1n) is 8.37. The van der Waals surface area contributed by atoms with Gasteiger partial charge in [-0.2, -0.15) is 0 Å². The van der Waals surface area contributed by atoms with Crippen molar-refractivity contribution in [2.24, 2.45) is 0 Å². The SMILES string of the molecule is C[C]1[CH][CH][CH][C]1P(C1CCCCC1)C1CCCCC1. The summed E-state index contributed by atoms with van der Waals surface area (Å²) in [6.45, 7) is 2.34. The van der Waals surface area contributed by atoms with Crippen molar-refractivity contribution in [1.29, 1.82) is 0 Å². The molecule has 0 N–H and O–H groups in total. The van der Waals surface area contributed by atoms with Crippen LogP contribution in [0.3, 0.4) is 0 Å². The summed E-state index contributed by atoms with van der Waals surface area (Å²) in [5.41, 5.74) is 3.87. The van der Waals surface area contributed by atoms with Crippen LogP contribution in [0.1, 0.15) is 71.1 Å². The Hall–Kier alpha value is 0.430. The van der Waals surface area contributed by atoms with Crippen molar-refractivity contribution in [2.75, 3.05) is 0 Å². The quantitative estimate of drug-likeness (QED) is 0.564. The molecule has 3 fully saturated rings. The van der Waals surface area contributed by atoms with E-state index >= 15 is 0 Å². The molecule has 3 saturated carbocycles. The molecule has 0 aliphatic heterocycles. The van der Waals surface area contributed by atoms with Gasteiger partial charge in [-0.15, -0.1) is 0 Å². The Bertz CT molecular complexity index is 245. The average Bonchev–Trinajstić information content (AvgIpc) is 2.88. The molecule has 0 bridgehead atoms. The van der Waals surface area contributed by atoms with E-state index in [2.05, 4.69) is 26.2 Å². The molecule has 0 amide bonds. The lowest BCUT2D eigenvalue weighted by Gasteiger charge is -2.42. The normalized spacial score (nSPS) is 29.4. The smallest absolute Gasteiger partial charge is 0.0111 e. The van der Waals surface area contributed by atoms with Crippen molar-refractivity contribution in [3.05, 3.63) is 30.8 Å². The lowest BCUT2D eigenvalue weighted by Crippen LogP contribution is -2.24. The number of hydrogen-bond donors (Lipinski definition) is 0. The summed E-state index contributed by atoms with van der Waals surface area (Å²) in [7, 11) is 0.124. The highest BCUT2D eigenvalue weighted by molar-refractivity contribution is 7.63. The second kappa shape index (κ2) is 6.93. The van der Waals surface area contributed by atoms with Crippen LogP contribution >= 0.6 is 7.92 Å². The van der Waals surface area contributed by atoms with Gasteiger partial charge < -0.3 is 0 Å². The molecule has 0 nitrogen and oxygen atoms in total. The van der Waals surface area contributed by atoms with Crippen molar-refractivity contribution in [2.45, 2.75) is 82.4 Å². The van der Waals surface area contributed by atoms with E-state index < -0.39 is 0 Å². The maximum absolute atomic E-state index is 2.46. The first-order chi connectivity index (χ1) is 9.36. The van der Waals surface area contributed by atoms with Crippen LogP contribution in [0.4, 0.5) is 0 Å². The summed E-state index contributed by atoms with van der Waals surface area (Å²) >= 11 is 0. The summed E-state index contributed by atoms with van der Waals surface area (Å²) < 4.78 is 0. The van der Waals surface area contributed by atoms with Gasteiger partial charge in [0.05, 0.1) is 0 Å². The highest BCUT2D eigenvalue weighted by Crippen LogP contribution is 2.67. The van der Waals surface area contributed by atoms with E-state index in [9.17, 15) is 0 Å². The summed E-state index contributed by atoms with van der Waals surface area (Å²) in [6.07, 6.45) is 22.2. The van der Waals surface area contributed by atoms with E-state index in [1.807, 2.05) is 0 Å². The molecule has 0 aromatic carbocycles. The van der Waals surface area contributed by atoms with Crippen LogP contribution in [0.25, 0.3) is 0 Å². The molecule has 5 radical (unpaired) electrons. The summed E-state index contributed by atoms with van der Waals surface area (Å²) in [5.74, 6) is 1.59. The fourth-order valence-corrected chi connectivity index (χ4v) is 8.17. The minimum atomic E-state index is 0.124. The molecule has 3 rings (SSSR count). The third-order valence-electron chi connectivity index (χ3n) is 5.22. The fourth-order valence-electron chi connectivity index (χ4n) is 4.20. The first kappa shape index (κ1) is 14.4. The van der Waals surface area contributed by atoms with E-state index in [1.165, 1.54) is 64.2 Å². The van der Waals surface area contributed by atoms with Crippen molar-refractivity contribution in [3.8, 4) is 0 Å². The molecule has 105 valence electrons. The highest BCUT2D eigenvalue weighted by Gasteiger charge is 2.41. The van der Waals surface area contributed by atoms with Gasteiger partial charge in [-0.3, -0.25) is 0 Å². The summed E-state index contributed by atoms with van der Waals surface area (Å²) in [4.78, 5) is 0. The van der Waals surface area contributed by atoms with Crippen LogP contribution < -0.4 is 0 Å². The highest BCUT2D eigenvalue weighted by atomic mass is 31.1. The maximum Gasteiger partial charge on any atom is 0.0111 e. The van der Waals surface area contributed by atoms with Crippen molar-refractivity contribution in [1.82, 2.24) is 0 Å². The lowest BCUT2D eigenvalue weighted by atomic mass is 9.99. The third-order valence-corrected chi connectivity index (χ3v) is 8.88. The maximum atomic E-state index is 2.46. The van der Waals surface area contributed by atoms with Gasteiger partial charge in [-0.25, -0.2) is 0 Å². The van der Waals surface area contributed by atoms with Crippen LogP contribution in [0.15, 0.2) is 0 Å². The van der Waals surface area contributed by atoms with Gasteiger partial charge >= 0.3 is 0 Å². The Morgan fingerprint density at radius 2 is 1.32 bits per heavy atom. The van der Waals surface area contributed by atoms with E-state index in [-0.39, 0.29) is 7.92 Å². The summed E-state index contributed by atoms with van der Waals surface area (Å²) in [5, 5.41) is 0. The minimum Gasteiger partial charge on any atom is -0.0921 e. The molecule has 1 heteroatoms.